The predicted octanol–water partition coefficient (Wildman–Crippen LogP) is 0.964. The Morgan fingerprint density at radius 1 is 1.42 bits per heavy atom. The first-order valence-corrected chi connectivity index (χ1v) is 7.78. The molecule has 0 spiro atoms. The summed E-state index contributed by atoms with van der Waals surface area (Å²) in [5.41, 5.74) is 0. The van der Waals surface area contributed by atoms with E-state index < -0.39 is 10.0 Å². The van der Waals surface area contributed by atoms with Crippen LogP contribution in [0.2, 0.25) is 0 Å². The molecule has 0 bridgehead atoms. The minimum absolute atomic E-state index is 0.0242. The van der Waals surface area contributed by atoms with E-state index in [9.17, 15) is 13.5 Å². The summed E-state index contributed by atoms with van der Waals surface area (Å²) in [5, 5.41) is 9.68. The van der Waals surface area contributed by atoms with Gasteiger partial charge in [-0.25, -0.2) is 12.7 Å². The van der Waals surface area contributed by atoms with Gasteiger partial charge in [0, 0.05) is 20.1 Å². The second-order valence-corrected chi connectivity index (χ2v) is 7.18. The lowest BCUT2D eigenvalue weighted by Crippen LogP contribution is -2.32. The molecule has 0 aromatic heterocycles. The summed E-state index contributed by atoms with van der Waals surface area (Å²) in [6, 6.07) is 6.05. The molecule has 0 saturated carbocycles. The van der Waals surface area contributed by atoms with Crippen LogP contribution in [0, 0.1) is 5.92 Å². The fourth-order valence-electron chi connectivity index (χ4n) is 2.48. The highest BCUT2D eigenvalue weighted by atomic mass is 32.2. The van der Waals surface area contributed by atoms with Gasteiger partial charge in [-0.15, -0.1) is 0 Å². The molecule has 5 nitrogen and oxygen atoms in total. The summed E-state index contributed by atoms with van der Waals surface area (Å²) in [6.45, 7) is 2.41. The molecule has 0 radical (unpaired) electrons. The van der Waals surface area contributed by atoms with E-state index in [4.69, 9.17) is 0 Å². The third-order valence-electron chi connectivity index (χ3n) is 3.56. The third kappa shape index (κ3) is 3.08. The highest BCUT2D eigenvalue weighted by Gasteiger charge is 2.28. The summed E-state index contributed by atoms with van der Waals surface area (Å²) in [5.74, 6) is 0.161. The first-order chi connectivity index (χ1) is 8.91. The number of sulfonamides is 1. The summed E-state index contributed by atoms with van der Waals surface area (Å²) in [7, 11) is -0.00105. The van der Waals surface area contributed by atoms with E-state index in [0.717, 1.165) is 19.5 Å². The maximum Gasteiger partial charge on any atom is 0.246 e. The average molecular weight is 284 g/mol. The lowest BCUT2D eigenvalue weighted by Gasteiger charge is -2.21. The zero-order valence-corrected chi connectivity index (χ0v) is 12.1. The first kappa shape index (κ1) is 14.3. The molecule has 0 aliphatic carbocycles. The van der Waals surface area contributed by atoms with Crippen molar-refractivity contribution in [3.05, 3.63) is 24.3 Å². The van der Waals surface area contributed by atoms with Crippen LogP contribution >= 0.6 is 0 Å². The van der Waals surface area contributed by atoms with Crippen LogP contribution in [0.25, 0.3) is 0 Å². The van der Waals surface area contributed by atoms with Crippen molar-refractivity contribution in [3.63, 3.8) is 0 Å². The Bertz CT molecular complexity index is 545. The third-order valence-corrected chi connectivity index (χ3v) is 5.43. The van der Waals surface area contributed by atoms with Gasteiger partial charge in [0.1, 0.15) is 10.6 Å². The minimum Gasteiger partial charge on any atom is -0.507 e. The zero-order valence-electron chi connectivity index (χ0n) is 11.3. The molecule has 1 aromatic carbocycles. The maximum atomic E-state index is 12.4. The number of phenols is 1. The molecule has 1 aromatic rings. The molecule has 1 heterocycles. The van der Waals surface area contributed by atoms with E-state index in [1.54, 1.807) is 19.2 Å². The number of aromatic hydroxyl groups is 1. The molecular formula is C13H20N2O3S. The molecule has 1 aliphatic rings. The Kier molecular flexibility index (Phi) is 4.13. The highest BCUT2D eigenvalue weighted by molar-refractivity contribution is 7.89. The van der Waals surface area contributed by atoms with E-state index in [0.29, 0.717) is 12.5 Å². The van der Waals surface area contributed by atoms with Crippen LogP contribution in [0.1, 0.15) is 6.42 Å². The Morgan fingerprint density at radius 2 is 2.11 bits per heavy atom. The van der Waals surface area contributed by atoms with Crippen LogP contribution in [0.15, 0.2) is 29.2 Å². The number of hydrogen-bond acceptors (Lipinski definition) is 4. The van der Waals surface area contributed by atoms with Crippen LogP contribution in [-0.4, -0.2) is 56.5 Å². The minimum atomic E-state index is -3.61. The number of nitrogens with zero attached hydrogens (tertiary/aromatic N) is 2. The van der Waals surface area contributed by atoms with Crippen LogP contribution < -0.4 is 0 Å². The molecule has 6 heteroatoms. The van der Waals surface area contributed by atoms with Gasteiger partial charge in [0.05, 0.1) is 0 Å². The molecule has 19 heavy (non-hydrogen) atoms. The van der Waals surface area contributed by atoms with Crippen molar-refractivity contribution in [2.75, 3.05) is 33.7 Å². The lowest BCUT2D eigenvalue weighted by atomic mass is 10.1. The van der Waals surface area contributed by atoms with Crippen LogP contribution in [0.4, 0.5) is 0 Å². The normalized spacial score (nSPS) is 21.1. The molecule has 1 fully saturated rings. The second kappa shape index (κ2) is 5.48. The summed E-state index contributed by atoms with van der Waals surface area (Å²) in [4.78, 5) is 2.18. The monoisotopic (exact) mass is 284 g/mol. The standard InChI is InChI=1S/C13H20N2O3S/c1-14-8-7-11(9-14)10-15(2)19(17,18)13-6-4-3-5-12(13)16/h3-6,11,16H,7-10H2,1-2H3. The number of para-hydroxylation sites is 1. The van der Waals surface area contributed by atoms with Crippen molar-refractivity contribution in [2.24, 2.45) is 5.92 Å². The van der Waals surface area contributed by atoms with Gasteiger partial charge in [-0.2, -0.15) is 0 Å². The molecule has 0 amide bonds. The van der Waals surface area contributed by atoms with Gasteiger partial charge in [-0.3, -0.25) is 0 Å². The Hall–Kier alpha value is -1.11. The van der Waals surface area contributed by atoms with Gasteiger partial charge in [-0.1, -0.05) is 12.1 Å². The number of phenolic OH excluding ortho intramolecular Hbond substituents is 1. The Balaban J connectivity index is 2.14. The Morgan fingerprint density at radius 3 is 2.68 bits per heavy atom. The van der Waals surface area contributed by atoms with E-state index in [1.807, 2.05) is 7.05 Å². The molecule has 1 atom stereocenters. The Labute approximate surface area is 114 Å². The number of benzene rings is 1. The van der Waals surface area contributed by atoms with Crippen molar-refractivity contribution >= 4 is 10.0 Å². The van der Waals surface area contributed by atoms with Crippen LogP contribution in [0.5, 0.6) is 5.75 Å². The van der Waals surface area contributed by atoms with E-state index in [1.165, 1.54) is 16.4 Å². The van der Waals surface area contributed by atoms with Gasteiger partial charge in [0.2, 0.25) is 10.0 Å². The van der Waals surface area contributed by atoms with E-state index in [2.05, 4.69) is 4.90 Å². The molecule has 106 valence electrons. The van der Waals surface area contributed by atoms with Gasteiger partial charge < -0.3 is 10.0 Å². The fraction of sp³-hybridized carbons (Fsp3) is 0.538. The molecule has 2 rings (SSSR count). The average Bonchev–Trinajstić information content (AvgIpc) is 2.75. The number of rotatable bonds is 4. The van der Waals surface area contributed by atoms with Crippen molar-refractivity contribution in [2.45, 2.75) is 11.3 Å². The number of hydrogen-bond donors (Lipinski definition) is 1. The lowest BCUT2D eigenvalue weighted by molar-refractivity contribution is 0.355. The van der Waals surface area contributed by atoms with Crippen molar-refractivity contribution in [3.8, 4) is 5.75 Å². The van der Waals surface area contributed by atoms with E-state index in [-0.39, 0.29) is 10.6 Å². The van der Waals surface area contributed by atoms with Gasteiger partial charge >= 0.3 is 0 Å². The van der Waals surface area contributed by atoms with Gasteiger partial charge in [0.25, 0.3) is 0 Å². The van der Waals surface area contributed by atoms with E-state index >= 15 is 0 Å². The molecule has 1 unspecified atom stereocenters. The largest absolute Gasteiger partial charge is 0.507 e. The summed E-state index contributed by atoms with van der Waals surface area (Å²) in [6.07, 6.45) is 1.01. The van der Waals surface area contributed by atoms with Crippen LogP contribution in [-0.2, 0) is 10.0 Å². The van der Waals surface area contributed by atoms with Crippen LogP contribution in [0.3, 0.4) is 0 Å². The van der Waals surface area contributed by atoms with Crippen molar-refractivity contribution < 1.29 is 13.5 Å². The van der Waals surface area contributed by atoms with Crippen molar-refractivity contribution in [1.29, 1.82) is 0 Å². The van der Waals surface area contributed by atoms with Crippen molar-refractivity contribution in [1.82, 2.24) is 9.21 Å². The molecular weight excluding hydrogens is 264 g/mol. The molecule has 1 N–H and O–H groups in total. The SMILES string of the molecule is CN1CCC(CN(C)S(=O)(=O)c2ccccc2O)C1. The second-order valence-electron chi connectivity index (χ2n) is 5.17. The zero-order chi connectivity index (χ0) is 14.0. The topological polar surface area (TPSA) is 60.9 Å². The van der Waals surface area contributed by atoms with Gasteiger partial charge in [0.15, 0.2) is 0 Å². The fourth-order valence-corrected chi connectivity index (χ4v) is 3.81. The summed E-state index contributed by atoms with van der Waals surface area (Å²) >= 11 is 0. The summed E-state index contributed by atoms with van der Waals surface area (Å²) < 4.78 is 26.1. The number of likely N-dealkylation sites (tertiary alicyclic amines) is 1. The quantitative estimate of drug-likeness (QED) is 0.895. The maximum absolute atomic E-state index is 12.4. The molecule has 1 saturated heterocycles. The molecule has 1 aliphatic heterocycles. The first-order valence-electron chi connectivity index (χ1n) is 6.34. The van der Waals surface area contributed by atoms with Gasteiger partial charge in [-0.05, 0) is 38.1 Å². The smallest absolute Gasteiger partial charge is 0.246 e. The predicted molar refractivity (Wildman–Crippen MR) is 73.5 cm³/mol. The highest BCUT2D eigenvalue weighted by Crippen LogP contribution is 2.26.